The first-order chi connectivity index (χ1) is 14.3. The van der Waals surface area contributed by atoms with Crippen molar-refractivity contribution >= 4 is 33.2 Å². The summed E-state index contributed by atoms with van der Waals surface area (Å²) in [5.74, 6) is -0.911. The van der Waals surface area contributed by atoms with Crippen molar-refractivity contribution in [3.05, 3.63) is 89.7 Å². The molecule has 1 aromatic heterocycles. The van der Waals surface area contributed by atoms with E-state index in [1.54, 1.807) is 54.9 Å². The van der Waals surface area contributed by atoms with Gasteiger partial charge < -0.3 is 10.6 Å². The van der Waals surface area contributed by atoms with E-state index in [1.807, 2.05) is 6.07 Å². The number of nitrogens with zero attached hydrogens (tertiary/aromatic N) is 1. The zero-order chi connectivity index (χ0) is 21.6. The molecule has 2 aromatic carbocycles. The first-order valence-electron chi connectivity index (χ1n) is 8.98. The predicted molar refractivity (Wildman–Crippen MR) is 115 cm³/mol. The minimum Gasteiger partial charge on any atom is -0.348 e. The molecule has 154 valence electrons. The lowest BCUT2D eigenvalue weighted by atomic mass is 10.1. The number of sulfonamides is 1. The van der Waals surface area contributed by atoms with Gasteiger partial charge in [-0.25, -0.2) is 8.42 Å². The van der Waals surface area contributed by atoms with Crippen molar-refractivity contribution in [1.29, 1.82) is 0 Å². The average Bonchev–Trinajstić information content (AvgIpc) is 2.72. The number of aromatic nitrogens is 1. The van der Waals surface area contributed by atoms with Crippen LogP contribution in [0.15, 0.2) is 73.1 Å². The van der Waals surface area contributed by atoms with Crippen LogP contribution < -0.4 is 15.4 Å². The number of anilines is 2. The molecule has 0 bridgehead atoms. The zero-order valence-electron chi connectivity index (χ0n) is 16.1. The van der Waals surface area contributed by atoms with Gasteiger partial charge in [-0.3, -0.25) is 19.3 Å². The molecular formula is C21H20N4O4S. The minimum absolute atomic E-state index is 0.133. The Balaban J connectivity index is 1.78. The number of pyridine rings is 1. The first kappa shape index (κ1) is 21.0. The first-order valence-corrected chi connectivity index (χ1v) is 10.9. The number of para-hydroxylation sites is 2. The average molecular weight is 424 g/mol. The van der Waals surface area contributed by atoms with Gasteiger partial charge in [-0.2, -0.15) is 0 Å². The van der Waals surface area contributed by atoms with Crippen molar-refractivity contribution in [2.24, 2.45) is 0 Å². The summed E-state index contributed by atoms with van der Waals surface area (Å²) in [5.41, 5.74) is 1.71. The molecule has 0 fully saturated rings. The predicted octanol–water partition coefficient (Wildman–Crippen LogP) is 2.64. The lowest BCUT2D eigenvalue weighted by Crippen LogP contribution is -2.25. The molecule has 9 heteroatoms. The topological polar surface area (TPSA) is 117 Å². The third-order valence-electron chi connectivity index (χ3n) is 4.06. The van der Waals surface area contributed by atoms with E-state index in [0.29, 0.717) is 5.69 Å². The SMILES string of the molecule is CS(=O)(=O)Nc1ccccc1C(=O)Nc1ccccc1C(=O)NCc1cccnc1. The summed E-state index contributed by atoms with van der Waals surface area (Å²) in [7, 11) is -3.56. The normalized spacial score (nSPS) is 10.8. The Morgan fingerprint density at radius 1 is 0.867 bits per heavy atom. The van der Waals surface area contributed by atoms with Crippen molar-refractivity contribution in [1.82, 2.24) is 10.3 Å². The summed E-state index contributed by atoms with van der Waals surface area (Å²) in [6.45, 7) is 0.288. The lowest BCUT2D eigenvalue weighted by Gasteiger charge is -2.14. The van der Waals surface area contributed by atoms with Crippen molar-refractivity contribution < 1.29 is 18.0 Å². The van der Waals surface area contributed by atoms with Gasteiger partial charge in [0.25, 0.3) is 11.8 Å². The van der Waals surface area contributed by atoms with Gasteiger partial charge in [-0.15, -0.1) is 0 Å². The van der Waals surface area contributed by atoms with Gasteiger partial charge in [0.15, 0.2) is 0 Å². The Bertz CT molecular complexity index is 1160. The third kappa shape index (κ3) is 5.65. The Morgan fingerprint density at radius 2 is 1.50 bits per heavy atom. The number of hydrogen-bond donors (Lipinski definition) is 3. The fourth-order valence-electron chi connectivity index (χ4n) is 2.73. The van der Waals surface area contributed by atoms with Gasteiger partial charge >= 0.3 is 0 Å². The van der Waals surface area contributed by atoms with E-state index in [1.165, 1.54) is 12.1 Å². The maximum Gasteiger partial charge on any atom is 0.257 e. The molecule has 0 saturated heterocycles. The lowest BCUT2D eigenvalue weighted by molar-refractivity contribution is 0.0951. The van der Waals surface area contributed by atoms with E-state index in [9.17, 15) is 18.0 Å². The number of rotatable bonds is 7. The summed E-state index contributed by atoms with van der Waals surface area (Å²) in [5, 5.41) is 5.47. The quantitative estimate of drug-likeness (QED) is 0.539. The molecule has 0 unspecified atom stereocenters. The molecule has 8 nitrogen and oxygen atoms in total. The number of nitrogens with one attached hydrogen (secondary N) is 3. The summed E-state index contributed by atoms with van der Waals surface area (Å²) in [6, 6.07) is 16.4. The smallest absolute Gasteiger partial charge is 0.257 e. The number of carbonyl (C=O) groups is 2. The molecule has 0 spiro atoms. The van der Waals surface area contributed by atoms with Gasteiger partial charge in [0.05, 0.1) is 28.8 Å². The minimum atomic E-state index is -3.56. The molecule has 3 rings (SSSR count). The highest BCUT2D eigenvalue weighted by Crippen LogP contribution is 2.21. The highest BCUT2D eigenvalue weighted by molar-refractivity contribution is 7.92. The van der Waals surface area contributed by atoms with E-state index in [4.69, 9.17) is 0 Å². The monoisotopic (exact) mass is 424 g/mol. The zero-order valence-corrected chi connectivity index (χ0v) is 16.9. The van der Waals surface area contributed by atoms with Crippen LogP contribution in [-0.4, -0.2) is 31.5 Å². The maximum absolute atomic E-state index is 12.8. The van der Waals surface area contributed by atoms with Crippen LogP contribution in [0, 0.1) is 0 Å². The number of hydrogen-bond acceptors (Lipinski definition) is 5. The fourth-order valence-corrected chi connectivity index (χ4v) is 3.31. The van der Waals surface area contributed by atoms with Crippen LogP contribution in [0.2, 0.25) is 0 Å². The Morgan fingerprint density at radius 3 is 2.13 bits per heavy atom. The van der Waals surface area contributed by atoms with Gasteiger partial charge in [0.1, 0.15) is 0 Å². The highest BCUT2D eigenvalue weighted by Gasteiger charge is 2.17. The molecule has 0 aliphatic carbocycles. The summed E-state index contributed by atoms with van der Waals surface area (Å²) < 4.78 is 25.5. The van der Waals surface area contributed by atoms with E-state index in [2.05, 4.69) is 20.3 Å². The summed E-state index contributed by atoms with van der Waals surface area (Å²) in [6.07, 6.45) is 4.30. The van der Waals surface area contributed by atoms with Crippen LogP contribution in [0.1, 0.15) is 26.3 Å². The van der Waals surface area contributed by atoms with E-state index < -0.39 is 15.9 Å². The van der Waals surface area contributed by atoms with E-state index in [0.717, 1.165) is 11.8 Å². The molecule has 0 atom stereocenters. The van der Waals surface area contributed by atoms with Crippen molar-refractivity contribution in [2.75, 3.05) is 16.3 Å². The number of amides is 2. The standard InChI is InChI=1S/C21H20N4O4S/c1-30(28,29)25-19-11-5-3-9-17(19)21(27)24-18-10-4-2-8-16(18)20(26)23-14-15-7-6-12-22-13-15/h2-13,25H,14H2,1H3,(H,23,26)(H,24,27). The molecule has 2 amide bonds. The highest BCUT2D eigenvalue weighted by atomic mass is 32.2. The van der Waals surface area contributed by atoms with Gasteiger partial charge in [-0.1, -0.05) is 30.3 Å². The van der Waals surface area contributed by atoms with Gasteiger partial charge in [0, 0.05) is 18.9 Å². The molecule has 0 saturated carbocycles. The second-order valence-corrected chi connectivity index (χ2v) is 8.21. The second-order valence-electron chi connectivity index (χ2n) is 6.46. The Labute approximate surface area is 174 Å². The van der Waals surface area contributed by atoms with E-state index >= 15 is 0 Å². The Kier molecular flexibility index (Phi) is 6.43. The maximum atomic E-state index is 12.8. The van der Waals surface area contributed by atoms with Gasteiger partial charge in [0.2, 0.25) is 10.0 Å². The third-order valence-corrected chi connectivity index (χ3v) is 4.65. The largest absolute Gasteiger partial charge is 0.348 e. The number of benzene rings is 2. The molecular weight excluding hydrogens is 404 g/mol. The van der Waals surface area contributed by atoms with Crippen molar-refractivity contribution in [3.63, 3.8) is 0 Å². The van der Waals surface area contributed by atoms with E-state index in [-0.39, 0.29) is 29.3 Å². The van der Waals surface area contributed by atoms with Crippen LogP contribution in [0.3, 0.4) is 0 Å². The molecule has 3 N–H and O–H groups in total. The second kappa shape index (κ2) is 9.19. The molecule has 30 heavy (non-hydrogen) atoms. The summed E-state index contributed by atoms with van der Waals surface area (Å²) >= 11 is 0. The van der Waals surface area contributed by atoms with Crippen molar-refractivity contribution in [2.45, 2.75) is 6.54 Å². The molecule has 0 aliphatic rings. The van der Waals surface area contributed by atoms with Crippen LogP contribution >= 0.6 is 0 Å². The molecule has 3 aromatic rings. The van der Waals surface area contributed by atoms with Crippen LogP contribution in [-0.2, 0) is 16.6 Å². The molecule has 0 aliphatic heterocycles. The Hall–Kier alpha value is -3.72. The van der Waals surface area contributed by atoms with Crippen LogP contribution in [0.4, 0.5) is 11.4 Å². The van der Waals surface area contributed by atoms with Crippen LogP contribution in [0.25, 0.3) is 0 Å². The fraction of sp³-hybridized carbons (Fsp3) is 0.0952. The summed E-state index contributed by atoms with van der Waals surface area (Å²) in [4.78, 5) is 29.4. The van der Waals surface area contributed by atoms with Gasteiger partial charge in [-0.05, 0) is 35.9 Å². The molecule has 0 radical (unpaired) electrons. The van der Waals surface area contributed by atoms with Crippen LogP contribution in [0.5, 0.6) is 0 Å². The van der Waals surface area contributed by atoms with Crippen molar-refractivity contribution in [3.8, 4) is 0 Å². The number of carbonyl (C=O) groups excluding carboxylic acids is 2. The molecule has 1 heterocycles.